The van der Waals surface area contributed by atoms with Gasteiger partial charge in [0, 0.05) is 6.08 Å². The monoisotopic (exact) mass is 464 g/mol. The van der Waals surface area contributed by atoms with Crippen LogP contribution in [0.4, 0.5) is 0 Å². The molecule has 0 spiro atoms. The van der Waals surface area contributed by atoms with Gasteiger partial charge in [0.15, 0.2) is 23.0 Å². The maximum Gasteiger partial charge on any atom is 0.331 e. The number of rotatable bonds is 7. The summed E-state index contributed by atoms with van der Waals surface area (Å²) in [4.78, 5) is 11.9. The first-order chi connectivity index (χ1) is 15.7. The quantitative estimate of drug-likeness (QED) is 0.163. The fraction of sp³-hybridized carbons (Fsp3) is 0.318. The van der Waals surface area contributed by atoms with E-state index in [0.717, 1.165) is 6.08 Å². The van der Waals surface area contributed by atoms with Crippen molar-refractivity contribution in [3.05, 3.63) is 53.6 Å². The van der Waals surface area contributed by atoms with Crippen molar-refractivity contribution in [3.8, 4) is 23.0 Å². The highest BCUT2D eigenvalue weighted by molar-refractivity contribution is 5.87. The highest BCUT2D eigenvalue weighted by Crippen LogP contribution is 2.31. The standard InChI is InChI=1S/C22H24O11/c23-9-17-19(28)20(29)21(30)22(33-17)32-16-5-2-12(8-15(16)26)10-31-18(27)6-3-11-1-4-13(24)14(25)7-11/h1-8,17,19-26,28-30H,9-10H2. The van der Waals surface area contributed by atoms with Crippen molar-refractivity contribution < 1.29 is 54.8 Å². The third-order valence-electron chi connectivity index (χ3n) is 4.91. The van der Waals surface area contributed by atoms with Gasteiger partial charge in [-0.3, -0.25) is 0 Å². The minimum Gasteiger partial charge on any atom is -0.504 e. The first-order valence-electron chi connectivity index (χ1n) is 9.85. The number of phenols is 3. The Balaban J connectivity index is 1.57. The maximum absolute atomic E-state index is 11.9. The van der Waals surface area contributed by atoms with Crippen molar-refractivity contribution in [2.24, 2.45) is 0 Å². The Labute approximate surface area is 188 Å². The molecule has 11 nitrogen and oxygen atoms in total. The zero-order chi connectivity index (χ0) is 24.1. The third-order valence-corrected chi connectivity index (χ3v) is 4.91. The number of carbonyl (C=O) groups is 1. The number of hydrogen-bond acceptors (Lipinski definition) is 11. The summed E-state index contributed by atoms with van der Waals surface area (Å²) in [7, 11) is 0. The minimum atomic E-state index is -1.63. The van der Waals surface area contributed by atoms with Gasteiger partial charge in [-0.25, -0.2) is 4.79 Å². The molecule has 2 aromatic carbocycles. The molecule has 33 heavy (non-hydrogen) atoms. The molecular formula is C22H24O11. The number of phenolic OH excluding ortho intramolecular Hbond substituents is 3. The predicted octanol–water partition coefficient (Wildman–Crippen LogP) is -0.261. The van der Waals surface area contributed by atoms with Crippen molar-refractivity contribution in [2.45, 2.75) is 37.3 Å². The van der Waals surface area contributed by atoms with E-state index in [2.05, 4.69) is 0 Å². The Morgan fingerprint density at radius 3 is 2.36 bits per heavy atom. The van der Waals surface area contributed by atoms with Gasteiger partial charge in [-0.15, -0.1) is 0 Å². The molecule has 0 radical (unpaired) electrons. The molecule has 2 aromatic rings. The number of ether oxygens (including phenoxy) is 3. The van der Waals surface area contributed by atoms with Crippen LogP contribution in [0.25, 0.3) is 6.08 Å². The molecule has 0 bridgehead atoms. The van der Waals surface area contributed by atoms with Crippen LogP contribution in [0.15, 0.2) is 42.5 Å². The number of aliphatic hydroxyl groups is 4. The van der Waals surface area contributed by atoms with Crippen molar-refractivity contribution in [2.75, 3.05) is 6.61 Å². The van der Waals surface area contributed by atoms with Crippen LogP contribution in [-0.2, 0) is 20.9 Å². The molecule has 0 saturated carbocycles. The predicted molar refractivity (Wildman–Crippen MR) is 111 cm³/mol. The second-order valence-electron chi connectivity index (χ2n) is 7.31. The molecule has 1 heterocycles. The highest BCUT2D eigenvalue weighted by Gasteiger charge is 2.44. The van der Waals surface area contributed by atoms with Gasteiger partial charge in [-0.05, 0) is 41.5 Å². The van der Waals surface area contributed by atoms with Crippen LogP contribution < -0.4 is 4.74 Å². The van der Waals surface area contributed by atoms with Crippen LogP contribution in [-0.4, -0.2) is 79.0 Å². The summed E-state index contributed by atoms with van der Waals surface area (Å²) in [6.07, 6.45) is -4.90. The minimum absolute atomic E-state index is 0.110. The van der Waals surface area contributed by atoms with Crippen LogP contribution >= 0.6 is 0 Å². The summed E-state index contributed by atoms with van der Waals surface area (Å²) in [5.41, 5.74) is 0.882. The second-order valence-corrected chi connectivity index (χ2v) is 7.31. The molecule has 5 unspecified atom stereocenters. The van der Waals surface area contributed by atoms with Crippen LogP contribution in [0, 0.1) is 0 Å². The van der Waals surface area contributed by atoms with Crippen molar-refractivity contribution in [3.63, 3.8) is 0 Å². The lowest BCUT2D eigenvalue weighted by molar-refractivity contribution is -0.277. The lowest BCUT2D eigenvalue weighted by Gasteiger charge is -2.39. The molecule has 1 fully saturated rings. The number of esters is 1. The summed E-state index contributed by atoms with van der Waals surface area (Å²) in [6.45, 7) is -0.804. The first-order valence-corrected chi connectivity index (χ1v) is 9.85. The highest BCUT2D eigenvalue weighted by atomic mass is 16.7. The van der Waals surface area contributed by atoms with Gasteiger partial charge in [-0.2, -0.15) is 0 Å². The van der Waals surface area contributed by atoms with Crippen molar-refractivity contribution in [1.82, 2.24) is 0 Å². The maximum atomic E-state index is 11.9. The van der Waals surface area contributed by atoms with Gasteiger partial charge in [0.25, 0.3) is 0 Å². The number of benzene rings is 2. The fourth-order valence-corrected chi connectivity index (χ4v) is 3.05. The molecule has 3 rings (SSSR count). The number of hydrogen-bond donors (Lipinski definition) is 7. The lowest BCUT2D eigenvalue weighted by Crippen LogP contribution is -2.60. The molecule has 0 amide bonds. The zero-order valence-electron chi connectivity index (χ0n) is 17.2. The Morgan fingerprint density at radius 2 is 1.70 bits per heavy atom. The molecule has 7 N–H and O–H groups in total. The Bertz CT molecular complexity index is 1000. The Morgan fingerprint density at radius 1 is 0.939 bits per heavy atom. The summed E-state index contributed by atoms with van der Waals surface area (Å²) in [5, 5.41) is 67.8. The summed E-state index contributed by atoms with van der Waals surface area (Å²) in [6, 6.07) is 8.10. The summed E-state index contributed by atoms with van der Waals surface area (Å²) in [5.74, 6) is -1.78. The molecule has 178 valence electrons. The van der Waals surface area contributed by atoms with Crippen molar-refractivity contribution in [1.29, 1.82) is 0 Å². The third kappa shape index (κ3) is 5.92. The van der Waals surface area contributed by atoms with Crippen LogP contribution in [0.2, 0.25) is 0 Å². The van der Waals surface area contributed by atoms with Gasteiger partial charge in [-0.1, -0.05) is 12.1 Å². The number of aromatic hydroxyl groups is 3. The van der Waals surface area contributed by atoms with E-state index in [1.165, 1.54) is 42.5 Å². The lowest BCUT2D eigenvalue weighted by atomic mass is 9.99. The van der Waals surface area contributed by atoms with E-state index in [9.17, 15) is 40.5 Å². The molecular weight excluding hydrogens is 440 g/mol. The molecule has 1 aliphatic rings. The molecule has 1 saturated heterocycles. The van der Waals surface area contributed by atoms with E-state index in [4.69, 9.17) is 14.2 Å². The molecule has 0 aromatic heterocycles. The van der Waals surface area contributed by atoms with E-state index in [0.29, 0.717) is 11.1 Å². The SMILES string of the molecule is O=C(C=Cc1ccc(O)c(O)c1)OCc1ccc(OC2OC(CO)C(O)C(O)C2O)c(O)c1. The van der Waals surface area contributed by atoms with Crippen LogP contribution in [0.5, 0.6) is 23.0 Å². The van der Waals surface area contributed by atoms with Crippen LogP contribution in [0.1, 0.15) is 11.1 Å². The largest absolute Gasteiger partial charge is 0.504 e. The Hall–Kier alpha value is -3.35. The van der Waals surface area contributed by atoms with E-state index in [1.54, 1.807) is 0 Å². The average molecular weight is 464 g/mol. The summed E-state index contributed by atoms with van der Waals surface area (Å²) >= 11 is 0. The van der Waals surface area contributed by atoms with Gasteiger partial charge < -0.3 is 50.0 Å². The molecule has 11 heteroatoms. The zero-order valence-corrected chi connectivity index (χ0v) is 17.2. The van der Waals surface area contributed by atoms with E-state index in [1.807, 2.05) is 0 Å². The summed E-state index contributed by atoms with van der Waals surface area (Å²) < 4.78 is 15.7. The first kappa shape index (κ1) is 24.3. The number of carbonyl (C=O) groups excluding carboxylic acids is 1. The van der Waals surface area contributed by atoms with E-state index < -0.39 is 43.3 Å². The normalized spacial score (nSPS) is 25.2. The van der Waals surface area contributed by atoms with E-state index in [-0.39, 0.29) is 29.6 Å². The smallest absolute Gasteiger partial charge is 0.331 e. The van der Waals surface area contributed by atoms with Gasteiger partial charge in [0.2, 0.25) is 6.29 Å². The Kier molecular flexibility index (Phi) is 7.74. The molecule has 0 aliphatic carbocycles. The topological polar surface area (TPSA) is 186 Å². The van der Waals surface area contributed by atoms with Gasteiger partial charge in [0.05, 0.1) is 6.61 Å². The molecule has 1 aliphatic heterocycles. The van der Waals surface area contributed by atoms with Gasteiger partial charge in [0.1, 0.15) is 31.0 Å². The van der Waals surface area contributed by atoms with Crippen molar-refractivity contribution >= 4 is 12.0 Å². The van der Waals surface area contributed by atoms with Gasteiger partial charge >= 0.3 is 5.97 Å². The van der Waals surface area contributed by atoms with Crippen LogP contribution in [0.3, 0.4) is 0 Å². The second kappa shape index (κ2) is 10.5. The fourth-order valence-electron chi connectivity index (χ4n) is 3.05. The number of aliphatic hydroxyl groups excluding tert-OH is 4. The molecule has 5 atom stereocenters. The van der Waals surface area contributed by atoms with E-state index >= 15 is 0 Å². The average Bonchev–Trinajstić information content (AvgIpc) is 2.80.